The zero-order valence-corrected chi connectivity index (χ0v) is 20.1. The molecule has 1 fully saturated rings. The molecule has 3 aromatic heterocycles. The molecular formula is C27H30FN5O2. The summed E-state index contributed by atoms with van der Waals surface area (Å²) in [7, 11) is 1.92. The summed E-state index contributed by atoms with van der Waals surface area (Å²) < 4.78 is 15.6. The maximum Gasteiger partial charge on any atom is 0.258 e. The van der Waals surface area contributed by atoms with Crippen LogP contribution in [0.5, 0.6) is 0 Å². The molecule has 0 unspecified atom stereocenters. The highest BCUT2D eigenvalue weighted by atomic mass is 19.1. The highest BCUT2D eigenvalue weighted by Gasteiger charge is 2.17. The number of carbonyl (C=O) groups is 1. The van der Waals surface area contributed by atoms with E-state index in [9.17, 15) is 14.0 Å². The van der Waals surface area contributed by atoms with Crippen LogP contribution in [-0.4, -0.2) is 34.2 Å². The number of aldehydes is 1. The average Bonchev–Trinajstić information content (AvgIpc) is 2.82. The lowest BCUT2D eigenvalue weighted by atomic mass is 9.85. The maximum atomic E-state index is 14.2. The molecule has 35 heavy (non-hydrogen) atoms. The van der Waals surface area contributed by atoms with Gasteiger partial charge in [-0.15, -0.1) is 0 Å². The van der Waals surface area contributed by atoms with Crippen LogP contribution in [0.15, 0.2) is 53.5 Å². The summed E-state index contributed by atoms with van der Waals surface area (Å²) in [6, 6.07) is 12.0. The normalized spacial score (nSPS) is 13.3. The van der Waals surface area contributed by atoms with Crippen LogP contribution >= 0.6 is 0 Å². The van der Waals surface area contributed by atoms with Gasteiger partial charge >= 0.3 is 0 Å². The highest BCUT2D eigenvalue weighted by molar-refractivity contribution is 5.80. The maximum absolute atomic E-state index is 14.2. The number of carbonyl (C=O) groups excluding carboxylic acids is 1. The lowest BCUT2D eigenvalue weighted by molar-refractivity contribution is 0.111. The summed E-state index contributed by atoms with van der Waals surface area (Å²) in [5.41, 5.74) is 3.98. The van der Waals surface area contributed by atoms with Gasteiger partial charge in [0, 0.05) is 48.1 Å². The Labute approximate surface area is 203 Å². The van der Waals surface area contributed by atoms with Crippen LogP contribution in [0.3, 0.4) is 0 Å². The Balaban J connectivity index is 0.000000189. The Morgan fingerprint density at radius 3 is 2.63 bits per heavy atom. The standard InChI is InChI=1S/C18H24FN3.C9H6N2O2/c1-12-15(10-20-2)6-14-7-16(17(19)8-18(14)22-12)11-21-9-13-4-3-5-13;12-6-7-5-9(13)11-4-2-1-3-8(11)10-7/h6-8,13,20-21H,3-5,9-11H2,1-2H3;1-6H. The Bertz CT molecular complexity index is 1400. The number of aryl methyl sites for hydroxylation is 1. The third kappa shape index (κ3) is 5.96. The van der Waals surface area contributed by atoms with Crippen molar-refractivity contribution in [1.29, 1.82) is 0 Å². The molecule has 0 bridgehead atoms. The second-order valence-corrected chi connectivity index (χ2v) is 8.89. The summed E-state index contributed by atoms with van der Waals surface area (Å²) in [5, 5.41) is 7.55. The number of fused-ring (bicyclic) bond motifs is 2. The molecule has 0 amide bonds. The molecule has 5 rings (SSSR count). The van der Waals surface area contributed by atoms with Crippen LogP contribution in [0.4, 0.5) is 4.39 Å². The molecule has 0 spiro atoms. The second-order valence-electron chi connectivity index (χ2n) is 8.89. The van der Waals surface area contributed by atoms with Crippen molar-refractivity contribution in [2.75, 3.05) is 13.6 Å². The van der Waals surface area contributed by atoms with E-state index in [0.717, 1.165) is 46.7 Å². The van der Waals surface area contributed by atoms with Crippen molar-refractivity contribution in [3.63, 3.8) is 0 Å². The van der Waals surface area contributed by atoms with E-state index in [1.807, 2.05) is 20.0 Å². The molecule has 1 aromatic carbocycles. The number of nitrogens with zero attached hydrogens (tertiary/aromatic N) is 3. The van der Waals surface area contributed by atoms with Crippen LogP contribution in [0.2, 0.25) is 0 Å². The number of nitrogens with one attached hydrogen (secondary N) is 2. The van der Waals surface area contributed by atoms with Gasteiger partial charge in [0.2, 0.25) is 0 Å². The van der Waals surface area contributed by atoms with Crippen molar-refractivity contribution in [2.24, 2.45) is 5.92 Å². The van der Waals surface area contributed by atoms with Gasteiger partial charge in [0.05, 0.1) is 5.52 Å². The fourth-order valence-electron chi connectivity index (χ4n) is 4.13. The van der Waals surface area contributed by atoms with E-state index >= 15 is 0 Å². The molecule has 1 saturated carbocycles. The Morgan fingerprint density at radius 2 is 1.91 bits per heavy atom. The van der Waals surface area contributed by atoms with E-state index in [1.165, 1.54) is 29.7 Å². The number of pyridine rings is 2. The van der Waals surface area contributed by atoms with E-state index in [-0.39, 0.29) is 17.1 Å². The largest absolute Gasteiger partial charge is 0.316 e. The van der Waals surface area contributed by atoms with Gasteiger partial charge in [-0.2, -0.15) is 0 Å². The molecular weight excluding hydrogens is 445 g/mol. The van der Waals surface area contributed by atoms with E-state index in [1.54, 1.807) is 30.5 Å². The smallest absolute Gasteiger partial charge is 0.258 e. The third-order valence-corrected chi connectivity index (χ3v) is 6.33. The molecule has 0 aliphatic heterocycles. The molecule has 182 valence electrons. The van der Waals surface area contributed by atoms with Gasteiger partial charge in [-0.25, -0.2) is 9.37 Å². The summed E-state index contributed by atoms with van der Waals surface area (Å²) in [6.45, 7) is 4.33. The quantitative estimate of drug-likeness (QED) is 0.396. The molecule has 7 nitrogen and oxygen atoms in total. The molecule has 3 heterocycles. The van der Waals surface area contributed by atoms with E-state index in [4.69, 9.17) is 0 Å². The summed E-state index contributed by atoms with van der Waals surface area (Å²) in [6.07, 6.45) is 6.14. The first kappa shape index (κ1) is 24.6. The van der Waals surface area contributed by atoms with Crippen molar-refractivity contribution < 1.29 is 9.18 Å². The molecule has 1 aliphatic carbocycles. The van der Waals surface area contributed by atoms with Crippen LogP contribution in [0.1, 0.15) is 46.6 Å². The predicted molar refractivity (Wildman–Crippen MR) is 135 cm³/mol. The van der Waals surface area contributed by atoms with Gasteiger partial charge in [-0.3, -0.25) is 19.0 Å². The zero-order valence-electron chi connectivity index (χ0n) is 20.1. The molecule has 2 N–H and O–H groups in total. The second kappa shape index (κ2) is 11.3. The minimum Gasteiger partial charge on any atom is -0.316 e. The average molecular weight is 476 g/mol. The number of aromatic nitrogens is 3. The first-order valence-electron chi connectivity index (χ1n) is 11.9. The number of rotatable bonds is 7. The Hall–Kier alpha value is -3.49. The predicted octanol–water partition coefficient (Wildman–Crippen LogP) is 3.80. The molecule has 0 atom stereocenters. The van der Waals surface area contributed by atoms with Crippen molar-refractivity contribution in [1.82, 2.24) is 25.0 Å². The summed E-state index contributed by atoms with van der Waals surface area (Å²) in [5.74, 6) is 0.622. The van der Waals surface area contributed by atoms with Crippen molar-refractivity contribution >= 4 is 22.8 Å². The number of halogens is 1. The lowest BCUT2D eigenvalue weighted by Crippen LogP contribution is -2.27. The molecule has 4 aromatic rings. The monoisotopic (exact) mass is 475 g/mol. The third-order valence-electron chi connectivity index (χ3n) is 6.33. The lowest BCUT2D eigenvalue weighted by Gasteiger charge is -2.25. The highest BCUT2D eigenvalue weighted by Crippen LogP contribution is 2.25. The van der Waals surface area contributed by atoms with E-state index < -0.39 is 0 Å². The van der Waals surface area contributed by atoms with E-state index in [2.05, 4.69) is 26.7 Å². The van der Waals surface area contributed by atoms with Gasteiger partial charge in [0.1, 0.15) is 17.2 Å². The van der Waals surface area contributed by atoms with Crippen LogP contribution in [0.25, 0.3) is 16.6 Å². The van der Waals surface area contributed by atoms with Crippen LogP contribution in [-0.2, 0) is 13.1 Å². The SMILES string of the molecule is CNCc1cc2cc(CNCC3CCC3)c(F)cc2nc1C.O=Cc1cc(=O)n2ccccc2n1. The fraction of sp³-hybridized carbons (Fsp3) is 0.333. The first-order chi connectivity index (χ1) is 17.0. The first-order valence-corrected chi connectivity index (χ1v) is 11.9. The van der Waals surface area contributed by atoms with Gasteiger partial charge in [0.15, 0.2) is 6.29 Å². The minimum absolute atomic E-state index is 0.163. The topological polar surface area (TPSA) is 88.4 Å². The van der Waals surface area contributed by atoms with Crippen molar-refractivity contribution in [3.05, 3.63) is 87.3 Å². The van der Waals surface area contributed by atoms with Gasteiger partial charge < -0.3 is 10.6 Å². The van der Waals surface area contributed by atoms with Crippen molar-refractivity contribution in [2.45, 2.75) is 39.3 Å². The molecule has 8 heteroatoms. The van der Waals surface area contributed by atoms with Crippen molar-refractivity contribution in [3.8, 4) is 0 Å². The van der Waals surface area contributed by atoms with Crippen LogP contribution in [0, 0.1) is 18.7 Å². The Morgan fingerprint density at radius 1 is 1.11 bits per heavy atom. The molecule has 0 saturated heterocycles. The number of hydrogen-bond acceptors (Lipinski definition) is 6. The van der Waals surface area contributed by atoms with E-state index in [0.29, 0.717) is 18.5 Å². The molecule has 0 radical (unpaired) electrons. The molecule has 1 aliphatic rings. The van der Waals surface area contributed by atoms with Gasteiger partial charge in [0.25, 0.3) is 5.56 Å². The Kier molecular flexibility index (Phi) is 7.94. The zero-order chi connectivity index (χ0) is 24.8. The number of hydrogen-bond donors (Lipinski definition) is 2. The minimum atomic E-state index is -0.243. The number of benzene rings is 1. The van der Waals surface area contributed by atoms with Crippen LogP contribution < -0.4 is 16.2 Å². The summed E-state index contributed by atoms with van der Waals surface area (Å²) in [4.78, 5) is 30.2. The summed E-state index contributed by atoms with van der Waals surface area (Å²) >= 11 is 0. The van der Waals surface area contributed by atoms with Gasteiger partial charge in [-0.05, 0) is 69.1 Å². The fourth-order valence-corrected chi connectivity index (χ4v) is 4.13. The van der Waals surface area contributed by atoms with Gasteiger partial charge in [-0.1, -0.05) is 12.5 Å².